The van der Waals surface area contributed by atoms with Gasteiger partial charge in [-0.3, -0.25) is 4.79 Å². The number of Topliss-reactive ketones (excluding diaryl/α,β-unsaturated/α-hetero) is 1. The van der Waals surface area contributed by atoms with E-state index in [9.17, 15) is 9.90 Å². The van der Waals surface area contributed by atoms with Gasteiger partial charge < -0.3 is 9.84 Å². The minimum absolute atomic E-state index is 0.252. The lowest BCUT2D eigenvalue weighted by Crippen LogP contribution is -2.36. The molecule has 0 unspecified atom stereocenters. The van der Waals surface area contributed by atoms with Crippen molar-refractivity contribution in [2.24, 2.45) is 0 Å². The molecule has 124 valence electrons. The maximum atomic E-state index is 12.1. The van der Waals surface area contributed by atoms with E-state index < -0.39 is 0 Å². The van der Waals surface area contributed by atoms with Crippen molar-refractivity contribution in [3.8, 4) is 11.5 Å². The highest BCUT2D eigenvalue weighted by atomic mass is 16.5. The molecule has 23 heavy (non-hydrogen) atoms. The van der Waals surface area contributed by atoms with Crippen molar-refractivity contribution in [3.05, 3.63) is 33.9 Å². The third-order valence-corrected chi connectivity index (χ3v) is 5.78. The number of ether oxygens (including phenoxy) is 1. The maximum absolute atomic E-state index is 12.1. The Balaban J connectivity index is 2.30. The quantitative estimate of drug-likeness (QED) is 0.879. The van der Waals surface area contributed by atoms with Gasteiger partial charge >= 0.3 is 0 Å². The van der Waals surface area contributed by atoms with Gasteiger partial charge in [-0.05, 0) is 43.7 Å². The third-order valence-electron chi connectivity index (χ3n) is 5.78. The van der Waals surface area contributed by atoms with E-state index in [0.717, 1.165) is 47.3 Å². The molecular formula is C20H26O3. The summed E-state index contributed by atoms with van der Waals surface area (Å²) in [5, 5.41) is 10.8. The van der Waals surface area contributed by atoms with Crippen molar-refractivity contribution < 1.29 is 14.6 Å². The Morgan fingerprint density at radius 1 is 1.26 bits per heavy atom. The number of benzene rings is 1. The van der Waals surface area contributed by atoms with Crippen LogP contribution in [0.1, 0.15) is 69.6 Å². The fourth-order valence-corrected chi connectivity index (χ4v) is 4.52. The first-order valence-electron chi connectivity index (χ1n) is 8.48. The predicted molar refractivity (Wildman–Crippen MR) is 91.4 cm³/mol. The number of aromatic hydroxyl groups is 1. The molecule has 3 heteroatoms. The van der Waals surface area contributed by atoms with E-state index in [1.54, 1.807) is 7.11 Å². The predicted octanol–water partition coefficient (Wildman–Crippen LogP) is 4.41. The fraction of sp³-hybridized carbons (Fsp3) is 0.550. The van der Waals surface area contributed by atoms with E-state index in [0.29, 0.717) is 18.1 Å². The molecule has 3 nitrogen and oxygen atoms in total. The molecule has 0 aliphatic heterocycles. The lowest BCUT2D eigenvalue weighted by Gasteiger charge is -2.43. The Morgan fingerprint density at radius 3 is 2.57 bits per heavy atom. The molecule has 1 atom stereocenters. The van der Waals surface area contributed by atoms with E-state index in [-0.39, 0.29) is 11.2 Å². The summed E-state index contributed by atoms with van der Waals surface area (Å²) in [6.07, 6.45) is 3.02. The van der Waals surface area contributed by atoms with E-state index >= 15 is 0 Å². The molecule has 2 aliphatic rings. The highest BCUT2D eigenvalue weighted by Crippen LogP contribution is 2.54. The zero-order valence-electron chi connectivity index (χ0n) is 14.7. The van der Waals surface area contributed by atoms with Gasteiger partial charge in [-0.2, -0.15) is 0 Å². The fourth-order valence-electron chi connectivity index (χ4n) is 4.52. The van der Waals surface area contributed by atoms with Gasteiger partial charge in [-0.15, -0.1) is 0 Å². The topological polar surface area (TPSA) is 46.5 Å². The molecule has 2 aliphatic carbocycles. The van der Waals surface area contributed by atoms with Gasteiger partial charge in [0.15, 0.2) is 5.78 Å². The smallest absolute Gasteiger partial charge is 0.158 e. The molecule has 0 amide bonds. The number of phenols is 1. The Morgan fingerprint density at radius 2 is 1.96 bits per heavy atom. The molecule has 0 bridgehead atoms. The van der Waals surface area contributed by atoms with Crippen LogP contribution in [0.4, 0.5) is 0 Å². The van der Waals surface area contributed by atoms with Crippen molar-refractivity contribution in [3.63, 3.8) is 0 Å². The second kappa shape index (κ2) is 5.40. The normalized spacial score (nSPS) is 23.8. The molecule has 0 fully saturated rings. The van der Waals surface area contributed by atoms with Crippen LogP contribution in [0.2, 0.25) is 0 Å². The lowest BCUT2D eigenvalue weighted by atomic mass is 9.60. The van der Waals surface area contributed by atoms with Crippen LogP contribution in [0.5, 0.6) is 11.5 Å². The van der Waals surface area contributed by atoms with Gasteiger partial charge in [0, 0.05) is 28.5 Å². The Hall–Kier alpha value is -1.77. The van der Waals surface area contributed by atoms with Crippen LogP contribution < -0.4 is 4.74 Å². The van der Waals surface area contributed by atoms with Crippen LogP contribution in [0.15, 0.2) is 17.2 Å². The maximum Gasteiger partial charge on any atom is 0.158 e. The van der Waals surface area contributed by atoms with Crippen molar-refractivity contribution in [1.82, 2.24) is 0 Å². The Bertz CT molecular complexity index is 712. The third kappa shape index (κ3) is 2.20. The number of methoxy groups -OCH3 is 1. The molecule has 0 saturated carbocycles. The van der Waals surface area contributed by atoms with Gasteiger partial charge in [0.05, 0.1) is 7.11 Å². The molecule has 0 aromatic heterocycles. The summed E-state index contributed by atoms with van der Waals surface area (Å²) in [5.41, 5.74) is 5.02. The van der Waals surface area contributed by atoms with Crippen molar-refractivity contribution in [2.45, 2.75) is 64.7 Å². The molecule has 1 aromatic rings. The number of ketones is 1. The van der Waals surface area contributed by atoms with Gasteiger partial charge in [-0.25, -0.2) is 0 Å². The summed E-state index contributed by atoms with van der Waals surface area (Å²) in [5.74, 6) is 1.82. The van der Waals surface area contributed by atoms with E-state index in [1.807, 2.05) is 13.0 Å². The zero-order chi connectivity index (χ0) is 16.9. The lowest BCUT2D eigenvalue weighted by molar-refractivity contribution is -0.116. The molecule has 0 saturated heterocycles. The van der Waals surface area contributed by atoms with E-state index in [4.69, 9.17) is 4.74 Å². The summed E-state index contributed by atoms with van der Waals surface area (Å²) in [4.78, 5) is 12.1. The largest absolute Gasteiger partial charge is 0.508 e. The second-order valence-electron chi connectivity index (χ2n) is 7.39. The Labute approximate surface area is 138 Å². The first-order valence-corrected chi connectivity index (χ1v) is 8.48. The highest BCUT2D eigenvalue weighted by molar-refractivity contribution is 5.97. The summed E-state index contributed by atoms with van der Waals surface area (Å²) in [6, 6.07) is 1.86. The number of fused-ring (bicyclic) bond motifs is 3. The minimum Gasteiger partial charge on any atom is -0.508 e. The van der Waals surface area contributed by atoms with Crippen molar-refractivity contribution in [2.75, 3.05) is 7.11 Å². The second-order valence-corrected chi connectivity index (χ2v) is 7.39. The van der Waals surface area contributed by atoms with Crippen LogP contribution in [0, 0.1) is 0 Å². The molecule has 0 radical (unpaired) electrons. The van der Waals surface area contributed by atoms with Crippen LogP contribution in [0.3, 0.4) is 0 Å². The van der Waals surface area contributed by atoms with E-state index in [1.165, 1.54) is 5.57 Å². The number of hydrogen-bond acceptors (Lipinski definition) is 3. The molecule has 0 spiro atoms. The van der Waals surface area contributed by atoms with E-state index in [2.05, 4.69) is 20.8 Å². The minimum atomic E-state index is -0.252. The first kappa shape index (κ1) is 16.1. The van der Waals surface area contributed by atoms with Gasteiger partial charge in [0.2, 0.25) is 0 Å². The summed E-state index contributed by atoms with van der Waals surface area (Å²) in [6.45, 7) is 8.34. The molecular weight excluding hydrogens is 288 g/mol. The molecule has 3 rings (SSSR count). The van der Waals surface area contributed by atoms with Crippen LogP contribution in [-0.4, -0.2) is 18.0 Å². The summed E-state index contributed by atoms with van der Waals surface area (Å²) >= 11 is 0. The number of carbonyl (C=O) groups is 1. The number of allylic oxidation sites excluding steroid dienone is 2. The van der Waals surface area contributed by atoms with Gasteiger partial charge in [0.25, 0.3) is 0 Å². The first-order chi connectivity index (χ1) is 10.8. The van der Waals surface area contributed by atoms with Crippen molar-refractivity contribution in [1.29, 1.82) is 0 Å². The van der Waals surface area contributed by atoms with Gasteiger partial charge in [0.1, 0.15) is 11.5 Å². The van der Waals surface area contributed by atoms with Gasteiger partial charge in [-0.1, -0.05) is 26.3 Å². The van der Waals surface area contributed by atoms with Crippen molar-refractivity contribution >= 4 is 5.78 Å². The summed E-state index contributed by atoms with van der Waals surface area (Å²) in [7, 11) is 1.71. The SMILES string of the molecule is COc1c(C(C)C)cc(O)c2c1CCC1=C(C)C(=O)CC[C@@]12C. The number of hydrogen-bond donors (Lipinski definition) is 1. The Kier molecular flexibility index (Phi) is 3.78. The average molecular weight is 314 g/mol. The molecule has 1 N–H and O–H groups in total. The van der Waals surface area contributed by atoms with Crippen LogP contribution in [0.25, 0.3) is 0 Å². The zero-order valence-corrected chi connectivity index (χ0v) is 14.7. The number of carbonyl (C=O) groups excluding carboxylic acids is 1. The number of rotatable bonds is 2. The van der Waals surface area contributed by atoms with Crippen LogP contribution in [-0.2, 0) is 16.6 Å². The molecule has 1 aromatic carbocycles. The average Bonchev–Trinajstić information content (AvgIpc) is 2.50. The van der Waals surface area contributed by atoms with Crippen LogP contribution >= 0.6 is 0 Å². The molecule has 0 heterocycles. The summed E-state index contributed by atoms with van der Waals surface area (Å²) < 4.78 is 5.74. The highest BCUT2D eigenvalue weighted by Gasteiger charge is 2.44. The number of phenolic OH excluding ortho intramolecular Hbond substituents is 1. The standard InChI is InChI=1S/C20H26O3/c1-11(2)14-10-17(22)18-13(19(14)23-5)6-7-15-12(3)16(21)8-9-20(15,18)4/h10-11,22H,6-9H2,1-5H3/t20-/m0/s1. The monoisotopic (exact) mass is 314 g/mol.